The van der Waals surface area contributed by atoms with Crippen LogP contribution in [0, 0.1) is 6.92 Å². The summed E-state index contributed by atoms with van der Waals surface area (Å²) in [6.45, 7) is 2.42. The fraction of sp³-hybridized carbons (Fsp3) is 0.118. The molecule has 1 N–H and O–H groups in total. The minimum Gasteiger partial charge on any atom is -0.488 e. The lowest BCUT2D eigenvalue weighted by molar-refractivity contribution is -0.131. The highest BCUT2D eigenvalue weighted by Crippen LogP contribution is 2.28. The zero-order chi connectivity index (χ0) is 15.2. The standard InChI is InChI=1S/C17H15ClO3/c1-12-5-7-13(8-6-12)11-21-16-4-2-3-15(18)14(16)9-10-17(19)20/h2-10H,11H2,1H3,(H,19,20)/b10-9+. The lowest BCUT2D eigenvalue weighted by Crippen LogP contribution is -1.97. The fourth-order valence-electron chi connectivity index (χ4n) is 1.80. The summed E-state index contributed by atoms with van der Waals surface area (Å²) in [7, 11) is 0. The van der Waals surface area contributed by atoms with E-state index in [1.165, 1.54) is 11.6 Å². The molecule has 0 saturated heterocycles. The first kappa shape index (κ1) is 15.1. The van der Waals surface area contributed by atoms with Gasteiger partial charge < -0.3 is 9.84 Å². The Labute approximate surface area is 128 Å². The van der Waals surface area contributed by atoms with Gasteiger partial charge in [0.2, 0.25) is 0 Å². The second kappa shape index (κ2) is 6.95. The lowest BCUT2D eigenvalue weighted by atomic mass is 10.1. The van der Waals surface area contributed by atoms with Gasteiger partial charge in [0, 0.05) is 11.6 Å². The van der Waals surface area contributed by atoms with Crippen LogP contribution in [0.1, 0.15) is 16.7 Å². The molecule has 2 aromatic carbocycles. The quantitative estimate of drug-likeness (QED) is 0.836. The van der Waals surface area contributed by atoms with E-state index in [0.717, 1.165) is 11.6 Å². The Morgan fingerprint density at radius 2 is 1.95 bits per heavy atom. The predicted octanol–water partition coefficient (Wildman–Crippen LogP) is 4.33. The van der Waals surface area contributed by atoms with E-state index in [2.05, 4.69) is 0 Å². The van der Waals surface area contributed by atoms with Crippen LogP contribution in [-0.2, 0) is 11.4 Å². The van der Waals surface area contributed by atoms with Gasteiger partial charge in [-0.15, -0.1) is 0 Å². The fourth-order valence-corrected chi connectivity index (χ4v) is 2.03. The molecule has 3 nitrogen and oxygen atoms in total. The maximum Gasteiger partial charge on any atom is 0.328 e. The van der Waals surface area contributed by atoms with E-state index in [1.807, 2.05) is 31.2 Å². The third-order valence-corrected chi connectivity index (χ3v) is 3.25. The highest BCUT2D eigenvalue weighted by molar-refractivity contribution is 6.32. The van der Waals surface area contributed by atoms with Crippen LogP contribution >= 0.6 is 11.6 Å². The second-order valence-corrected chi connectivity index (χ2v) is 5.00. The number of carbonyl (C=O) groups is 1. The number of hydrogen-bond donors (Lipinski definition) is 1. The summed E-state index contributed by atoms with van der Waals surface area (Å²) in [6.07, 6.45) is 2.48. The summed E-state index contributed by atoms with van der Waals surface area (Å²) in [5.41, 5.74) is 2.79. The molecule has 21 heavy (non-hydrogen) atoms. The number of carboxylic acid groups (broad SMARTS) is 1. The molecule has 0 saturated carbocycles. The smallest absolute Gasteiger partial charge is 0.328 e. The minimum atomic E-state index is -1.03. The van der Waals surface area contributed by atoms with Crippen LogP contribution in [0.2, 0.25) is 5.02 Å². The number of hydrogen-bond acceptors (Lipinski definition) is 2. The van der Waals surface area contributed by atoms with Crippen LogP contribution in [0.25, 0.3) is 6.08 Å². The van der Waals surface area contributed by atoms with Gasteiger partial charge in [0.1, 0.15) is 12.4 Å². The van der Waals surface area contributed by atoms with Crippen molar-refractivity contribution in [3.8, 4) is 5.75 Å². The Balaban J connectivity index is 2.17. The second-order valence-electron chi connectivity index (χ2n) is 4.60. The molecule has 0 amide bonds. The van der Waals surface area contributed by atoms with Crippen LogP contribution < -0.4 is 4.74 Å². The van der Waals surface area contributed by atoms with Crippen molar-refractivity contribution in [3.05, 3.63) is 70.3 Å². The molecule has 0 spiro atoms. The van der Waals surface area contributed by atoms with Gasteiger partial charge in [0.15, 0.2) is 0 Å². The SMILES string of the molecule is Cc1ccc(COc2cccc(Cl)c2/C=C/C(=O)O)cc1. The molecule has 0 unspecified atom stereocenters. The first-order chi connectivity index (χ1) is 10.1. The first-order valence-electron chi connectivity index (χ1n) is 6.44. The van der Waals surface area contributed by atoms with Gasteiger partial charge >= 0.3 is 5.97 Å². The van der Waals surface area contributed by atoms with E-state index < -0.39 is 5.97 Å². The highest BCUT2D eigenvalue weighted by atomic mass is 35.5. The molecular formula is C17H15ClO3. The molecule has 0 aliphatic rings. The van der Waals surface area contributed by atoms with Crippen molar-refractivity contribution in [3.63, 3.8) is 0 Å². The van der Waals surface area contributed by atoms with Crippen molar-refractivity contribution < 1.29 is 14.6 Å². The van der Waals surface area contributed by atoms with Gasteiger partial charge in [0.05, 0.1) is 5.02 Å². The summed E-state index contributed by atoms with van der Waals surface area (Å²) < 4.78 is 5.75. The Morgan fingerprint density at radius 3 is 2.62 bits per heavy atom. The Morgan fingerprint density at radius 1 is 1.24 bits per heavy atom. The van der Waals surface area contributed by atoms with E-state index in [1.54, 1.807) is 18.2 Å². The van der Waals surface area contributed by atoms with Crippen LogP contribution in [0.4, 0.5) is 0 Å². The van der Waals surface area contributed by atoms with Crippen molar-refractivity contribution >= 4 is 23.6 Å². The number of halogens is 1. The van der Waals surface area contributed by atoms with Crippen LogP contribution in [0.3, 0.4) is 0 Å². The maximum absolute atomic E-state index is 10.6. The molecule has 4 heteroatoms. The van der Waals surface area contributed by atoms with Gasteiger partial charge in [-0.05, 0) is 30.7 Å². The number of carboxylic acids is 1. The molecular weight excluding hydrogens is 288 g/mol. The monoisotopic (exact) mass is 302 g/mol. The van der Waals surface area contributed by atoms with Crippen molar-refractivity contribution in [2.45, 2.75) is 13.5 Å². The van der Waals surface area contributed by atoms with E-state index in [9.17, 15) is 4.79 Å². The number of aliphatic carboxylic acids is 1. The summed E-state index contributed by atoms with van der Waals surface area (Å²) in [6, 6.07) is 13.2. The zero-order valence-electron chi connectivity index (χ0n) is 11.5. The molecule has 0 radical (unpaired) electrons. The van der Waals surface area contributed by atoms with Gasteiger partial charge in [-0.25, -0.2) is 4.79 Å². The molecule has 108 valence electrons. The highest BCUT2D eigenvalue weighted by Gasteiger charge is 2.06. The number of ether oxygens (including phenoxy) is 1. The molecule has 0 aliphatic heterocycles. The molecule has 0 aliphatic carbocycles. The molecule has 2 rings (SSSR count). The van der Waals surface area contributed by atoms with Crippen LogP contribution in [0.15, 0.2) is 48.5 Å². The van der Waals surface area contributed by atoms with Crippen molar-refractivity contribution in [1.82, 2.24) is 0 Å². The third-order valence-electron chi connectivity index (χ3n) is 2.92. The van der Waals surface area contributed by atoms with Crippen LogP contribution in [0.5, 0.6) is 5.75 Å². The number of benzene rings is 2. The molecule has 0 aromatic heterocycles. The van der Waals surface area contributed by atoms with E-state index in [4.69, 9.17) is 21.4 Å². The zero-order valence-corrected chi connectivity index (χ0v) is 12.3. The van der Waals surface area contributed by atoms with Crippen molar-refractivity contribution in [2.75, 3.05) is 0 Å². The van der Waals surface area contributed by atoms with Crippen molar-refractivity contribution in [2.24, 2.45) is 0 Å². The summed E-state index contributed by atoms with van der Waals surface area (Å²) in [5.74, 6) is -0.472. The predicted molar refractivity (Wildman–Crippen MR) is 83.6 cm³/mol. The maximum atomic E-state index is 10.6. The third kappa shape index (κ3) is 4.36. The Bertz CT molecular complexity index is 660. The number of rotatable bonds is 5. The molecule has 0 atom stereocenters. The lowest BCUT2D eigenvalue weighted by Gasteiger charge is -2.10. The Kier molecular flexibility index (Phi) is 5.01. The molecule has 0 fully saturated rings. The minimum absolute atomic E-state index is 0.397. The molecule has 2 aromatic rings. The van der Waals surface area contributed by atoms with E-state index >= 15 is 0 Å². The summed E-state index contributed by atoms with van der Waals surface area (Å²) >= 11 is 6.09. The summed E-state index contributed by atoms with van der Waals surface area (Å²) in [5, 5.41) is 9.17. The van der Waals surface area contributed by atoms with E-state index in [-0.39, 0.29) is 0 Å². The number of aryl methyl sites for hydroxylation is 1. The molecule has 0 bridgehead atoms. The largest absolute Gasteiger partial charge is 0.488 e. The average Bonchev–Trinajstić information content (AvgIpc) is 2.45. The first-order valence-corrected chi connectivity index (χ1v) is 6.82. The summed E-state index contributed by atoms with van der Waals surface area (Å²) in [4.78, 5) is 10.6. The normalized spacial score (nSPS) is 10.8. The van der Waals surface area contributed by atoms with Gasteiger partial charge in [0.25, 0.3) is 0 Å². The van der Waals surface area contributed by atoms with Gasteiger partial charge in [-0.3, -0.25) is 0 Å². The van der Waals surface area contributed by atoms with Crippen molar-refractivity contribution in [1.29, 1.82) is 0 Å². The molecule has 0 heterocycles. The average molecular weight is 303 g/mol. The van der Waals surface area contributed by atoms with Gasteiger partial charge in [-0.1, -0.05) is 47.5 Å². The van der Waals surface area contributed by atoms with Crippen LogP contribution in [-0.4, -0.2) is 11.1 Å². The topological polar surface area (TPSA) is 46.5 Å². The Hall–Kier alpha value is -2.26. The van der Waals surface area contributed by atoms with Gasteiger partial charge in [-0.2, -0.15) is 0 Å². The van der Waals surface area contributed by atoms with E-state index in [0.29, 0.717) is 22.9 Å².